The molecule has 0 radical (unpaired) electrons. The van der Waals surface area contributed by atoms with Crippen molar-refractivity contribution in [1.29, 1.82) is 0 Å². The Hall–Kier alpha value is -0.300. The molecule has 0 rings (SSSR count). The van der Waals surface area contributed by atoms with E-state index in [1.54, 1.807) is 0 Å². The van der Waals surface area contributed by atoms with E-state index in [0.717, 1.165) is 6.08 Å². The minimum absolute atomic E-state index is 1.10. The molecule has 1 N–H and O–H groups in total. The van der Waals surface area contributed by atoms with E-state index in [0.29, 0.717) is 0 Å². The van der Waals surface area contributed by atoms with Gasteiger partial charge < -0.3 is 5.11 Å². The van der Waals surface area contributed by atoms with E-state index in [9.17, 15) is 0 Å². The van der Waals surface area contributed by atoms with Crippen LogP contribution in [-0.4, -0.2) is 11.7 Å². The predicted molar refractivity (Wildman–Crippen MR) is 17.3 cm³/mol. The second kappa shape index (κ2) is 2.70. The molecular formula is C3H6O. The third-order valence-electron chi connectivity index (χ3n) is 0.105. The number of hydrogen-bond acceptors (Lipinski definition) is 1. The zero-order valence-electron chi connectivity index (χ0n) is 3.31. The van der Waals surface area contributed by atoms with Crippen LogP contribution in [0.2, 0.25) is 0 Å². The summed E-state index contributed by atoms with van der Waals surface area (Å²) in [6, 6.07) is 0. The first-order valence-electron chi connectivity index (χ1n) is 1.58. The minimum atomic E-state index is -1.10. The summed E-state index contributed by atoms with van der Waals surface area (Å²) in [6.45, 7) is 2.02. The summed E-state index contributed by atoms with van der Waals surface area (Å²) in [5.41, 5.74) is 0. The summed E-state index contributed by atoms with van der Waals surface area (Å²) < 4.78 is 6.26. The fraction of sp³-hybridized carbons (Fsp3) is 0.333. The third-order valence-corrected chi connectivity index (χ3v) is 0.105. The first kappa shape index (κ1) is 1.97. The molecule has 0 heterocycles. The zero-order valence-corrected chi connectivity index (χ0v) is 2.31. The monoisotopic (exact) mass is 59.0 g/mol. The summed E-state index contributed by atoms with van der Waals surface area (Å²) in [7, 11) is 0. The lowest BCUT2D eigenvalue weighted by atomic mass is 10.7. The first-order chi connectivity index (χ1) is 2.27. The average molecular weight is 59.1 g/mol. The second-order valence-corrected chi connectivity index (χ2v) is 0.385. The molecule has 0 aliphatic heterocycles. The topological polar surface area (TPSA) is 20.2 Å². The standard InChI is InChI=1S/C3H6O/c1-2-3-4/h2,4H,1,3H2/i3D. The molecule has 0 saturated heterocycles. The van der Waals surface area contributed by atoms with E-state index in [2.05, 4.69) is 6.58 Å². The van der Waals surface area contributed by atoms with Crippen LogP contribution in [0.5, 0.6) is 0 Å². The summed E-state index contributed by atoms with van der Waals surface area (Å²) in [6.07, 6.45) is 1.14. The Bertz CT molecular complexity index is 33.9. The first-order valence-corrected chi connectivity index (χ1v) is 1.000. The highest BCUT2D eigenvalue weighted by atomic mass is 16.2. The van der Waals surface area contributed by atoms with Gasteiger partial charge in [-0.05, 0) is 0 Å². The summed E-state index contributed by atoms with van der Waals surface area (Å²) in [4.78, 5) is 0. The summed E-state index contributed by atoms with van der Waals surface area (Å²) in [5, 5.41) is 7.91. The van der Waals surface area contributed by atoms with Crippen molar-refractivity contribution in [3.63, 3.8) is 0 Å². The van der Waals surface area contributed by atoms with E-state index < -0.39 is 6.58 Å². The molecule has 24 valence electrons. The Morgan fingerprint density at radius 3 is 2.75 bits per heavy atom. The molecule has 1 atom stereocenters. The van der Waals surface area contributed by atoms with Crippen LogP contribution in [0.4, 0.5) is 0 Å². The number of aliphatic hydroxyl groups excluding tert-OH is 1. The molecule has 0 aromatic heterocycles. The Kier molecular flexibility index (Phi) is 1.33. The van der Waals surface area contributed by atoms with Crippen LogP contribution in [-0.2, 0) is 0 Å². The number of aliphatic hydroxyl groups is 1. The molecule has 0 aliphatic carbocycles. The van der Waals surface area contributed by atoms with Gasteiger partial charge in [0.15, 0.2) is 0 Å². The number of hydrogen-bond donors (Lipinski definition) is 1. The molecule has 0 aromatic rings. The van der Waals surface area contributed by atoms with Crippen molar-refractivity contribution in [2.45, 2.75) is 0 Å². The lowest BCUT2D eigenvalue weighted by Gasteiger charge is -1.60. The Morgan fingerprint density at radius 2 is 2.75 bits per heavy atom. The van der Waals surface area contributed by atoms with Crippen molar-refractivity contribution in [2.24, 2.45) is 0 Å². The van der Waals surface area contributed by atoms with E-state index in [1.807, 2.05) is 0 Å². The molecule has 0 saturated carbocycles. The van der Waals surface area contributed by atoms with E-state index in [4.69, 9.17) is 6.48 Å². The van der Waals surface area contributed by atoms with Crippen molar-refractivity contribution in [2.75, 3.05) is 6.58 Å². The molecule has 4 heavy (non-hydrogen) atoms. The zero-order chi connectivity index (χ0) is 4.28. The van der Waals surface area contributed by atoms with Gasteiger partial charge in [-0.2, -0.15) is 0 Å². The van der Waals surface area contributed by atoms with Crippen LogP contribution in [0.25, 0.3) is 0 Å². The van der Waals surface area contributed by atoms with Gasteiger partial charge in [0, 0.05) is 0 Å². The molecular weight excluding hydrogens is 52.0 g/mol. The Balaban J connectivity index is 2.83. The molecule has 0 amide bonds. The van der Waals surface area contributed by atoms with Crippen LogP contribution in [0.15, 0.2) is 12.7 Å². The van der Waals surface area contributed by atoms with Crippen LogP contribution in [0, 0.1) is 0 Å². The van der Waals surface area contributed by atoms with Crippen LogP contribution in [0.3, 0.4) is 0 Å². The van der Waals surface area contributed by atoms with E-state index in [-0.39, 0.29) is 0 Å². The van der Waals surface area contributed by atoms with Gasteiger partial charge >= 0.3 is 0 Å². The summed E-state index contributed by atoms with van der Waals surface area (Å²) in [5.74, 6) is 0. The smallest absolute Gasteiger partial charge is 0.0609 e. The fourth-order valence-electron chi connectivity index (χ4n) is 0. The van der Waals surface area contributed by atoms with Gasteiger partial charge in [-0.15, -0.1) is 6.58 Å². The summed E-state index contributed by atoms with van der Waals surface area (Å²) >= 11 is 0. The highest BCUT2D eigenvalue weighted by Gasteiger charge is 1.45. The maximum atomic E-state index is 7.91. The second-order valence-electron chi connectivity index (χ2n) is 0.385. The molecule has 1 heteroatoms. The minimum Gasteiger partial charge on any atom is -0.392 e. The van der Waals surface area contributed by atoms with E-state index in [1.165, 1.54) is 0 Å². The van der Waals surface area contributed by atoms with Crippen molar-refractivity contribution < 1.29 is 6.48 Å². The average Bonchev–Trinajstić information content (AvgIpc) is 1.38. The third kappa shape index (κ3) is 1.70. The highest BCUT2D eigenvalue weighted by molar-refractivity contribution is 4.60. The molecule has 1 unspecified atom stereocenters. The van der Waals surface area contributed by atoms with Gasteiger partial charge in [0.05, 0.1) is 7.95 Å². The van der Waals surface area contributed by atoms with Gasteiger partial charge in [0.25, 0.3) is 0 Å². The maximum absolute atomic E-state index is 7.91. The SMILES string of the molecule is [2H]C(O)C=C. The van der Waals surface area contributed by atoms with Crippen LogP contribution in [0.1, 0.15) is 1.37 Å². The largest absolute Gasteiger partial charge is 0.392 e. The molecule has 0 aromatic carbocycles. The van der Waals surface area contributed by atoms with Gasteiger partial charge in [-0.1, -0.05) is 6.08 Å². The normalized spacial score (nSPS) is 17.8. The van der Waals surface area contributed by atoms with Crippen molar-refractivity contribution >= 4 is 0 Å². The molecule has 0 aliphatic rings. The van der Waals surface area contributed by atoms with Crippen molar-refractivity contribution in [1.82, 2.24) is 0 Å². The maximum Gasteiger partial charge on any atom is 0.0609 e. The fourth-order valence-corrected chi connectivity index (χ4v) is 0. The van der Waals surface area contributed by atoms with Crippen molar-refractivity contribution in [3.05, 3.63) is 12.7 Å². The molecule has 1 nitrogen and oxygen atoms in total. The van der Waals surface area contributed by atoms with Crippen LogP contribution < -0.4 is 0 Å². The lowest BCUT2D eigenvalue weighted by Crippen LogP contribution is -1.62. The van der Waals surface area contributed by atoms with Crippen molar-refractivity contribution in [3.8, 4) is 0 Å². The molecule has 0 fully saturated rings. The highest BCUT2D eigenvalue weighted by Crippen LogP contribution is 1.46. The molecule has 0 bridgehead atoms. The van der Waals surface area contributed by atoms with Gasteiger partial charge in [0.2, 0.25) is 0 Å². The quantitative estimate of drug-likeness (QED) is 0.427. The predicted octanol–water partition coefficient (Wildman–Crippen LogP) is 0.165. The lowest BCUT2D eigenvalue weighted by molar-refractivity contribution is 0.343. The van der Waals surface area contributed by atoms with E-state index >= 15 is 0 Å². The van der Waals surface area contributed by atoms with Gasteiger partial charge in [-0.25, -0.2) is 0 Å². The number of rotatable bonds is 1. The molecule has 0 spiro atoms. The Labute approximate surface area is 27.0 Å². The van der Waals surface area contributed by atoms with Gasteiger partial charge in [0.1, 0.15) is 0 Å². The Morgan fingerprint density at radius 1 is 2.50 bits per heavy atom. The van der Waals surface area contributed by atoms with Crippen LogP contribution >= 0.6 is 0 Å². The van der Waals surface area contributed by atoms with Gasteiger partial charge in [-0.3, -0.25) is 0 Å².